The van der Waals surface area contributed by atoms with Crippen molar-refractivity contribution in [2.24, 2.45) is 3.95 Å². The first kappa shape index (κ1) is 12.3. The number of rotatable bonds is 4. The van der Waals surface area contributed by atoms with Gasteiger partial charge in [-0.05, 0) is 0 Å². The standard InChI is InChI=1S/C12H13IN3O/c1-9(17)10-2-4-12(5-3-10)16-7-11(6-13-14)15-8-16/h2-5,7-8H,6,14H2,1H3/q-1. The summed E-state index contributed by atoms with van der Waals surface area (Å²) in [5.74, 6) is 0.0794. The van der Waals surface area contributed by atoms with Crippen LogP contribution in [0.5, 0.6) is 0 Å². The van der Waals surface area contributed by atoms with E-state index in [0.29, 0.717) is 0 Å². The van der Waals surface area contributed by atoms with Gasteiger partial charge in [0.1, 0.15) is 0 Å². The van der Waals surface area contributed by atoms with Crippen molar-refractivity contribution in [2.75, 3.05) is 0 Å². The number of hydrogen-bond donors (Lipinski definition) is 1. The van der Waals surface area contributed by atoms with Gasteiger partial charge in [-0.2, -0.15) is 0 Å². The predicted octanol–water partition coefficient (Wildman–Crippen LogP) is -1.46. The van der Waals surface area contributed by atoms with Crippen molar-refractivity contribution in [3.8, 4) is 5.69 Å². The Morgan fingerprint density at radius 2 is 2.12 bits per heavy atom. The maximum atomic E-state index is 11.2. The number of alkyl halides is 1. The number of carbonyl (C=O) groups excluding carboxylic acids is 1. The van der Waals surface area contributed by atoms with Crippen LogP contribution in [0.25, 0.3) is 5.69 Å². The molecule has 0 spiro atoms. The average molecular weight is 342 g/mol. The summed E-state index contributed by atoms with van der Waals surface area (Å²) in [6, 6.07) is 7.49. The molecule has 0 aliphatic rings. The fourth-order valence-corrected chi connectivity index (χ4v) is 2.37. The van der Waals surface area contributed by atoms with E-state index in [9.17, 15) is 4.79 Å². The van der Waals surface area contributed by atoms with E-state index in [2.05, 4.69) is 4.98 Å². The van der Waals surface area contributed by atoms with Gasteiger partial charge < -0.3 is 0 Å². The van der Waals surface area contributed by atoms with Crippen LogP contribution < -0.4 is 25.4 Å². The SMILES string of the molecule is CC(=O)c1ccc(-n2cnc(C[I-]N)c2)cc1. The van der Waals surface area contributed by atoms with Gasteiger partial charge in [0.2, 0.25) is 0 Å². The summed E-state index contributed by atoms with van der Waals surface area (Å²) in [4.78, 5) is 15.4. The number of carbonyl (C=O) groups is 1. The number of halogens is 1. The molecule has 0 saturated carbocycles. The van der Waals surface area contributed by atoms with Crippen LogP contribution in [0.1, 0.15) is 23.0 Å². The minimum absolute atomic E-state index is 0.0794. The Morgan fingerprint density at radius 3 is 2.71 bits per heavy atom. The molecule has 1 aromatic carbocycles. The Morgan fingerprint density at radius 1 is 1.41 bits per heavy atom. The molecule has 0 amide bonds. The molecule has 0 radical (unpaired) electrons. The molecule has 1 heterocycles. The maximum absolute atomic E-state index is 11.2. The molecule has 2 N–H and O–H groups in total. The van der Waals surface area contributed by atoms with Crippen LogP contribution in [-0.4, -0.2) is 15.3 Å². The van der Waals surface area contributed by atoms with Crippen LogP contribution in [-0.2, 0) is 4.43 Å². The summed E-state index contributed by atoms with van der Waals surface area (Å²) in [5, 5.41) is 0. The van der Waals surface area contributed by atoms with E-state index in [1.165, 1.54) is 0 Å². The fraction of sp³-hybridized carbons (Fsp3) is 0.167. The summed E-state index contributed by atoms with van der Waals surface area (Å²) in [7, 11) is 0. The van der Waals surface area contributed by atoms with Gasteiger partial charge in [0.15, 0.2) is 0 Å². The van der Waals surface area contributed by atoms with Crippen molar-refractivity contribution >= 4 is 5.78 Å². The predicted molar refractivity (Wildman–Crippen MR) is 61.5 cm³/mol. The van der Waals surface area contributed by atoms with Crippen molar-refractivity contribution in [3.05, 3.63) is 48.0 Å². The summed E-state index contributed by atoms with van der Waals surface area (Å²) < 4.78 is 8.41. The van der Waals surface area contributed by atoms with Crippen molar-refractivity contribution in [3.63, 3.8) is 0 Å². The second-order valence-electron chi connectivity index (χ2n) is 3.66. The molecule has 0 unspecified atom stereocenters. The number of benzene rings is 1. The topological polar surface area (TPSA) is 60.9 Å². The molecular weight excluding hydrogens is 329 g/mol. The van der Waals surface area contributed by atoms with Crippen molar-refractivity contribution in [1.82, 2.24) is 9.55 Å². The Bertz CT molecular complexity index is 519. The van der Waals surface area contributed by atoms with Gasteiger partial charge in [-0.1, -0.05) is 0 Å². The molecule has 0 aliphatic heterocycles. The van der Waals surface area contributed by atoms with Crippen LogP contribution in [0, 0.1) is 0 Å². The molecule has 2 aromatic rings. The molecule has 0 aliphatic carbocycles. The number of hydrogen-bond acceptors (Lipinski definition) is 3. The van der Waals surface area contributed by atoms with Gasteiger partial charge in [0, 0.05) is 0 Å². The van der Waals surface area contributed by atoms with Gasteiger partial charge in [0.25, 0.3) is 0 Å². The molecule has 4 nitrogen and oxygen atoms in total. The second-order valence-corrected chi connectivity index (χ2v) is 5.31. The number of aromatic nitrogens is 2. The van der Waals surface area contributed by atoms with Crippen molar-refractivity contribution in [2.45, 2.75) is 11.4 Å². The summed E-state index contributed by atoms with van der Waals surface area (Å²) in [5.41, 5.74) is 2.75. The quantitative estimate of drug-likeness (QED) is 0.320. The second kappa shape index (κ2) is 5.42. The Kier molecular flexibility index (Phi) is 3.90. The zero-order chi connectivity index (χ0) is 12.3. The van der Waals surface area contributed by atoms with E-state index >= 15 is 0 Å². The molecular formula is C12H13IN3O-. The molecule has 0 atom stereocenters. The van der Waals surface area contributed by atoms with E-state index < -0.39 is 0 Å². The number of imidazole rings is 1. The molecule has 0 fully saturated rings. The normalized spacial score (nSPS) is 10.7. The first-order valence-corrected chi connectivity index (χ1v) is 7.90. The molecule has 0 bridgehead atoms. The van der Waals surface area contributed by atoms with Crippen LogP contribution in [0.4, 0.5) is 0 Å². The Labute approximate surface area is 110 Å². The van der Waals surface area contributed by atoms with E-state index in [-0.39, 0.29) is 27.3 Å². The minimum atomic E-state index is -0.263. The number of Topliss-reactive ketones (excluding diaryl/α,β-unsaturated/α-hetero) is 1. The average Bonchev–Trinajstić information content (AvgIpc) is 2.78. The van der Waals surface area contributed by atoms with E-state index in [4.69, 9.17) is 3.95 Å². The Hall–Kier alpha value is -1.21. The number of nitrogens with two attached hydrogens (primary N) is 1. The summed E-state index contributed by atoms with van der Waals surface area (Å²) >= 11 is -0.263. The monoisotopic (exact) mass is 342 g/mol. The third-order valence-corrected chi connectivity index (χ3v) is 3.64. The number of nitrogens with zero attached hydrogens (tertiary/aromatic N) is 2. The fourth-order valence-electron chi connectivity index (χ4n) is 1.52. The van der Waals surface area contributed by atoms with E-state index in [0.717, 1.165) is 21.4 Å². The first-order chi connectivity index (χ1) is 8.20. The van der Waals surface area contributed by atoms with Gasteiger partial charge in [0.05, 0.1) is 0 Å². The molecule has 1 aromatic heterocycles. The summed E-state index contributed by atoms with van der Waals surface area (Å²) in [6.45, 7) is 1.56. The zero-order valence-corrected chi connectivity index (χ0v) is 11.6. The van der Waals surface area contributed by atoms with Crippen molar-refractivity contribution in [1.29, 1.82) is 0 Å². The van der Waals surface area contributed by atoms with Gasteiger partial charge >= 0.3 is 111 Å². The molecule has 90 valence electrons. The number of ketones is 1. The molecule has 5 heteroatoms. The van der Waals surface area contributed by atoms with Crippen LogP contribution in [0.2, 0.25) is 0 Å². The molecule has 0 saturated heterocycles. The first-order valence-electron chi connectivity index (χ1n) is 5.13. The third kappa shape index (κ3) is 2.92. The van der Waals surface area contributed by atoms with E-state index in [1.807, 2.05) is 35.0 Å². The van der Waals surface area contributed by atoms with Crippen LogP contribution in [0.15, 0.2) is 36.8 Å². The zero-order valence-electron chi connectivity index (χ0n) is 9.43. The summed E-state index contributed by atoms with van der Waals surface area (Å²) in [6.07, 6.45) is 3.76. The third-order valence-electron chi connectivity index (χ3n) is 2.42. The van der Waals surface area contributed by atoms with Gasteiger partial charge in [-0.25, -0.2) is 0 Å². The Balaban J connectivity index is 2.23. The van der Waals surface area contributed by atoms with Crippen LogP contribution in [0.3, 0.4) is 0 Å². The van der Waals surface area contributed by atoms with Crippen LogP contribution >= 0.6 is 0 Å². The van der Waals surface area contributed by atoms with Crippen molar-refractivity contribution < 1.29 is 26.3 Å². The molecule has 17 heavy (non-hydrogen) atoms. The van der Waals surface area contributed by atoms with E-state index in [1.54, 1.807) is 13.3 Å². The van der Waals surface area contributed by atoms with Gasteiger partial charge in [-0.15, -0.1) is 0 Å². The van der Waals surface area contributed by atoms with Gasteiger partial charge in [-0.3, -0.25) is 0 Å². The molecule has 2 rings (SSSR count).